The van der Waals surface area contributed by atoms with Crippen LogP contribution in [-0.4, -0.2) is 48.1 Å². The number of aryl methyl sites for hydroxylation is 1. The number of piperidine rings is 1. The van der Waals surface area contributed by atoms with Crippen LogP contribution in [0.2, 0.25) is 0 Å². The molecule has 0 radical (unpaired) electrons. The third kappa shape index (κ3) is 4.23. The first-order chi connectivity index (χ1) is 11.8. The van der Waals surface area contributed by atoms with Crippen LogP contribution in [-0.2, 0) is 14.8 Å². The lowest BCUT2D eigenvalue weighted by Gasteiger charge is -2.29. The zero-order chi connectivity index (χ0) is 18.0. The van der Waals surface area contributed by atoms with Gasteiger partial charge in [0.2, 0.25) is 15.9 Å². The Balaban J connectivity index is 1.58. The number of sulfonamides is 1. The monoisotopic (exact) mass is 364 g/mol. The van der Waals surface area contributed by atoms with E-state index in [9.17, 15) is 13.2 Å². The fraction of sp³-hybridized carbons (Fsp3) is 0.438. The quantitative estimate of drug-likeness (QED) is 0.884. The van der Waals surface area contributed by atoms with Gasteiger partial charge in [-0.05, 0) is 44.0 Å². The zero-order valence-corrected chi connectivity index (χ0v) is 14.9. The molecule has 3 rings (SSSR count). The molecule has 8 nitrogen and oxygen atoms in total. The van der Waals surface area contributed by atoms with Crippen LogP contribution < -0.4 is 5.32 Å². The summed E-state index contributed by atoms with van der Waals surface area (Å²) < 4.78 is 29.5. The Labute approximate surface area is 146 Å². The predicted octanol–water partition coefficient (Wildman–Crippen LogP) is 1.66. The lowest BCUT2D eigenvalue weighted by atomic mass is 9.97. The smallest absolute Gasteiger partial charge is 0.257 e. The van der Waals surface area contributed by atoms with E-state index < -0.39 is 10.0 Å². The Morgan fingerprint density at radius 3 is 2.40 bits per heavy atom. The third-order valence-corrected chi connectivity index (χ3v) is 5.52. The van der Waals surface area contributed by atoms with Gasteiger partial charge in [0.15, 0.2) is 5.82 Å². The average molecular weight is 364 g/mol. The normalized spacial score (nSPS) is 16.7. The van der Waals surface area contributed by atoms with Crippen molar-refractivity contribution in [2.75, 3.05) is 24.7 Å². The predicted molar refractivity (Wildman–Crippen MR) is 92.2 cm³/mol. The van der Waals surface area contributed by atoms with Gasteiger partial charge in [-0.15, -0.1) is 0 Å². The minimum Gasteiger partial charge on any atom is -0.334 e. The number of carbonyl (C=O) groups is 1. The highest BCUT2D eigenvalue weighted by Gasteiger charge is 2.28. The van der Waals surface area contributed by atoms with Gasteiger partial charge in [0, 0.05) is 30.3 Å². The molecule has 0 saturated carbocycles. The minimum absolute atomic E-state index is 0.0884. The van der Waals surface area contributed by atoms with E-state index >= 15 is 0 Å². The second-order valence-electron chi connectivity index (χ2n) is 6.15. The number of nitrogens with one attached hydrogen (secondary N) is 1. The molecule has 1 N–H and O–H groups in total. The number of rotatable bonds is 4. The summed E-state index contributed by atoms with van der Waals surface area (Å²) in [5.74, 6) is 0.724. The molecule has 1 aromatic heterocycles. The van der Waals surface area contributed by atoms with Gasteiger partial charge in [-0.25, -0.2) is 12.7 Å². The average Bonchev–Trinajstić information content (AvgIpc) is 3.01. The van der Waals surface area contributed by atoms with Gasteiger partial charge in [-0.1, -0.05) is 5.16 Å². The Bertz CT molecular complexity index is 853. The SMILES string of the molecule is Cc1noc(-c2ccc(NC(=O)C3CCN(S(C)(=O)=O)CC3)cc2)n1. The molecule has 9 heteroatoms. The van der Waals surface area contributed by atoms with Gasteiger partial charge in [-0.2, -0.15) is 4.98 Å². The summed E-state index contributed by atoms with van der Waals surface area (Å²) in [6.07, 6.45) is 2.25. The molecule has 0 unspecified atom stereocenters. The standard InChI is InChI=1S/C16H20N4O4S/c1-11-17-16(24-19-11)13-3-5-14(6-4-13)18-15(21)12-7-9-20(10-8-12)25(2,22)23/h3-6,12H,7-10H2,1-2H3,(H,18,21). The summed E-state index contributed by atoms with van der Waals surface area (Å²) in [5.41, 5.74) is 1.45. The van der Waals surface area contributed by atoms with Crippen molar-refractivity contribution in [3.8, 4) is 11.5 Å². The number of hydrogen-bond acceptors (Lipinski definition) is 6. The van der Waals surface area contributed by atoms with Crippen molar-refractivity contribution in [1.29, 1.82) is 0 Å². The van der Waals surface area contributed by atoms with E-state index in [0.717, 1.165) is 5.56 Å². The van der Waals surface area contributed by atoms with E-state index in [1.54, 1.807) is 31.2 Å². The first-order valence-electron chi connectivity index (χ1n) is 7.99. The molecule has 2 aromatic rings. The second kappa shape index (κ2) is 6.93. The van der Waals surface area contributed by atoms with Crippen LogP contribution in [0.5, 0.6) is 0 Å². The van der Waals surface area contributed by atoms with Crippen LogP contribution in [0.3, 0.4) is 0 Å². The van der Waals surface area contributed by atoms with Gasteiger partial charge in [0.05, 0.1) is 6.26 Å². The Kier molecular flexibility index (Phi) is 4.87. The second-order valence-corrected chi connectivity index (χ2v) is 8.13. The van der Waals surface area contributed by atoms with Gasteiger partial charge in [0.25, 0.3) is 5.89 Å². The summed E-state index contributed by atoms with van der Waals surface area (Å²) in [7, 11) is -3.18. The minimum atomic E-state index is -3.18. The van der Waals surface area contributed by atoms with E-state index in [-0.39, 0.29) is 11.8 Å². The molecule has 0 atom stereocenters. The Morgan fingerprint density at radius 1 is 1.24 bits per heavy atom. The van der Waals surface area contributed by atoms with Crippen molar-refractivity contribution in [2.24, 2.45) is 5.92 Å². The fourth-order valence-electron chi connectivity index (χ4n) is 2.80. The van der Waals surface area contributed by atoms with Gasteiger partial charge in [0.1, 0.15) is 0 Å². The van der Waals surface area contributed by atoms with Crippen LogP contribution in [0.15, 0.2) is 28.8 Å². The molecular weight excluding hydrogens is 344 g/mol. The van der Waals surface area contributed by atoms with E-state index in [1.165, 1.54) is 10.6 Å². The van der Waals surface area contributed by atoms with Gasteiger partial charge < -0.3 is 9.84 Å². The van der Waals surface area contributed by atoms with Crippen LogP contribution in [0, 0.1) is 12.8 Å². The maximum atomic E-state index is 12.4. The number of aromatic nitrogens is 2. The zero-order valence-electron chi connectivity index (χ0n) is 14.1. The van der Waals surface area contributed by atoms with E-state index in [0.29, 0.717) is 43.3 Å². The maximum absolute atomic E-state index is 12.4. The molecule has 1 aliphatic heterocycles. The molecule has 1 aliphatic rings. The maximum Gasteiger partial charge on any atom is 0.257 e. The number of carbonyl (C=O) groups excluding carboxylic acids is 1. The largest absolute Gasteiger partial charge is 0.334 e. The van der Waals surface area contributed by atoms with Crippen LogP contribution in [0.25, 0.3) is 11.5 Å². The molecule has 1 amide bonds. The first-order valence-corrected chi connectivity index (χ1v) is 9.84. The van der Waals surface area contributed by atoms with Crippen LogP contribution in [0.4, 0.5) is 5.69 Å². The van der Waals surface area contributed by atoms with Crippen molar-refractivity contribution >= 4 is 21.6 Å². The summed E-state index contributed by atoms with van der Waals surface area (Å²) in [6, 6.07) is 7.15. The van der Waals surface area contributed by atoms with Gasteiger partial charge in [-0.3, -0.25) is 4.79 Å². The Hall–Kier alpha value is -2.26. The highest BCUT2D eigenvalue weighted by Crippen LogP contribution is 2.23. The molecule has 0 spiro atoms. The summed E-state index contributed by atoms with van der Waals surface area (Å²) in [6.45, 7) is 2.51. The lowest BCUT2D eigenvalue weighted by molar-refractivity contribution is -0.120. The van der Waals surface area contributed by atoms with E-state index in [1.807, 2.05) is 0 Å². The highest BCUT2D eigenvalue weighted by atomic mass is 32.2. The number of benzene rings is 1. The molecule has 1 aromatic carbocycles. The molecule has 134 valence electrons. The summed E-state index contributed by atoms with van der Waals surface area (Å²) in [4.78, 5) is 16.5. The van der Waals surface area contributed by atoms with Crippen molar-refractivity contribution in [1.82, 2.24) is 14.4 Å². The summed E-state index contributed by atoms with van der Waals surface area (Å²) >= 11 is 0. The lowest BCUT2D eigenvalue weighted by Crippen LogP contribution is -2.40. The molecule has 1 saturated heterocycles. The number of hydrogen-bond donors (Lipinski definition) is 1. The molecule has 2 heterocycles. The number of nitrogens with zero attached hydrogens (tertiary/aromatic N) is 3. The fourth-order valence-corrected chi connectivity index (χ4v) is 3.68. The van der Waals surface area contributed by atoms with Crippen LogP contribution >= 0.6 is 0 Å². The van der Waals surface area contributed by atoms with Crippen molar-refractivity contribution < 1.29 is 17.7 Å². The van der Waals surface area contributed by atoms with Crippen molar-refractivity contribution in [3.63, 3.8) is 0 Å². The van der Waals surface area contributed by atoms with E-state index in [2.05, 4.69) is 15.5 Å². The van der Waals surface area contributed by atoms with Crippen molar-refractivity contribution in [3.05, 3.63) is 30.1 Å². The molecule has 25 heavy (non-hydrogen) atoms. The number of anilines is 1. The highest BCUT2D eigenvalue weighted by molar-refractivity contribution is 7.88. The third-order valence-electron chi connectivity index (χ3n) is 4.22. The summed E-state index contributed by atoms with van der Waals surface area (Å²) in [5, 5.41) is 6.62. The number of amides is 1. The first kappa shape index (κ1) is 17.6. The topological polar surface area (TPSA) is 105 Å². The Morgan fingerprint density at radius 2 is 1.88 bits per heavy atom. The molecule has 0 aliphatic carbocycles. The van der Waals surface area contributed by atoms with Crippen molar-refractivity contribution in [2.45, 2.75) is 19.8 Å². The molecule has 1 fully saturated rings. The molecular formula is C16H20N4O4S. The van der Waals surface area contributed by atoms with E-state index in [4.69, 9.17) is 4.52 Å². The van der Waals surface area contributed by atoms with Crippen LogP contribution in [0.1, 0.15) is 18.7 Å². The van der Waals surface area contributed by atoms with Gasteiger partial charge >= 0.3 is 0 Å². The molecule has 0 bridgehead atoms.